The standard InChI is InChI=1S/C16H14ClF3N2S/c1-9-4-3-5-13(10(9)2)21-15(23)22-14-8-11(16(18,19)20)6-7-12(14)17/h3-8H,1-2H3,(H2,21,22,23). The van der Waals surface area contributed by atoms with E-state index in [2.05, 4.69) is 10.6 Å². The van der Waals surface area contributed by atoms with Gasteiger partial charge in [0, 0.05) is 5.69 Å². The highest BCUT2D eigenvalue weighted by Gasteiger charge is 2.31. The van der Waals surface area contributed by atoms with Gasteiger partial charge in [0.15, 0.2) is 5.11 Å². The lowest BCUT2D eigenvalue weighted by atomic mass is 10.1. The zero-order valence-electron chi connectivity index (χ0n) is 12.4. The van der Waals surface area contributed by atoms with Crippen LogP contribution >= 0.6 is 23.8 Å². The summed E-state index contributed by atoms with van der Waals surface area (Å²) in [7, 11) is 0. The number of halogens is 4. The van der Waals surface area contributed by atoms with Gasteiger partial charge in [0.25, 0.3) is 0 Å². The molecule has 0 bridgehead atoms. The van der Waals surface area contributed by atoms with E-state index in [1.807, 2.05) is 32.0 Å². The fraction of sp³-hybridized carbons (Fsp3) is 0.188. The van der Waals surface area contributed by atoms with Crippen LogP contribution in [-0.4, -0.2) is 5.11 Å². The summed E-state index contributed by atoms with van der Waals surface area (Å²) in [6.07, 6.45) is -4.44. The van der Waals surface area contributed by atoms with Gasteiger partial charge in [0.2, 0.25) is 0 Å². The minimum Gasteiger partial charge on any atom is -0.332 e. The molecule has 0 saturated heterocycles. The summed E-state index contributed by atoms with van der Waals surface area (Å²) in [5, 5.41) is 5.99. The van der Waals surface area contributed by atoms with Gasteiger partial charge in [-0.25, -0.2) is 0 Å². The van der Waals surface area contributed by atoms with Crippen LogP contribution in [-0.2, 0) is 6.18 Å². The highest BCUT2D eigenvalue weighted by Crippen LogP contribution is 2.33. The minimum absolute atomic E-state index is 0.101. The number of alkyl halides is 3. The van der Waals surface area contributed by atoms with Crippen molar-refractivity contribution < 1.29 is 13.2 Å². The second-order valence-corrected chi connectivity index (χ2v) is 5.83. The number of benzene rings is 2. The van der Waals surface area contributed by atoms with Crippen molar-refractivity contribution in [2.45, 2.75) is 20.0 Å². The Morgan fingerprint density at radius 2 is 1.70 bits per heavy atom. The monoisotopic (exact) mass is 358 g/mol. The van der Waals surface area contributed by atoms with E-state index in [1.165, 1.54) is 6.07 Å². The molecule has 0 saturated carbocycles. The quantitative estimate of drug-likeness (QED) is 0.665. The Bertz CT molecular complexity index is 745. The van der Waals surface area contributed by atoms with E-state index in [9.17, 15) is 13.2 Å². The highest BCUT2D eigenvalue weighted by atomic mass is 35.5. The first-order chi connectivity index (χ1) is 10.7. The first-order valence-corrected chi connectivity index (χ1v) is 7.48. The van der Waals surface area contributed by atoms with Gasteiger partial charge in [-0.3, -0.25) is 0 Å². The number of hydrogen-bond acceptors (Lipinski definition) is 1. The molecule has 0 heterocycles. The van der Waals surface area contributed by atoms with Gasteiger partial charge < -0.3 is 10.6 Å². The predicted octanol–water partition coefficient (Wildman–Crippen LogP) is 5.78. The lowest BCUT2D eigenvalue weighted by Crippen LogP contribution is -2.20. The molecule has 7 heteroatoms. The maximum absolute atomic E-state index is 12.8. The van der Waals surface area contributed by atoms with E-state index in [4.69, 9.17) is 23.8 Å². The van der Waals surface area contributed by atoms with Crippen molar-refractivity contribution in [3.05, 3.63) is 58.1 Å². The van der Waals surface area contributed by atoms with Gasteiger partial charge in [-0.2, -0.15) is 13.2 Å². The molecule has 0 radical (unpaired) electrons. The first-order valence-electron chi connectivity index (χ1n) is 6.69. The smallest absolute Gasteiger partial charge is 0.332 e. The molecule has 0 spiro atoms. The molecular formula is C16H14ClF3N2S. The number of anilines is 2. The third kappa shape index (κ3) is 4.36. The fourth-order valence-electron chi connectivity index (χ4n) is 1.96. The summed E-state index contributed by atoms with van der Waals surface area (Å²) in [5.41, 5.74) is 2.18. The second-order valence-electron chi connectivity index (χ2n) is 5.02. The molecule has 2 N–H and O–H groups in total. The van der Waals surface area contributed by atoms with Crippen LogP contribution < -0.4 is 10.6 Å². The van der Waals surface area contributed by atoms with E-state index in [0.717, 1.165) is 28.9 Å². The van der Waals surface area contributed by atoms with Crippen LogP contribution in [0, 0.1) is 13.8 Å². The SMILES string of the molecule is Cc1cccc(NC(=S)Nc2cc(C(F)(F)F)ccc2Cl)c1C. The second kappa shape index (κ2) is 6.76. The molecule has 0 aliphatic rings. The topological polar surface area (TPSA) is 24.1 Å². The van der Waals surface area contributed by atoms with Crippen molar-refractivity contribution in [3.63, 3.8) is 0 Å². The van der Waals surface area contributed by atoms with Crippen LogP contribution in [0.15, 0.2) is 36.4 Å². The maximum atomic E-state index is 12.8. The third-order valence-electron chi connectivity index (χ3n) is 3.39. The van der Waals surface area contributed by atoms with Gasteiger partial charge in [-0.1, -0.05) is 23.7 Å². The molecule has 2 rings (SSSR count). The van der Waals surface area contributed by atoms with Gasteiger partial charge >= 0.3 is 6.18 Å². The minimum atomic E-state index is -4.44. The molecule has 0 aliphatic carbocycles. The Hall–Kier alpha value is -1.79. The van der Waals surface area contributed by atoms with Crippen LogP contribution in [0.2, 0.25) is 5.02 Å². The van der Waals surface area contributed by atoms with E-state index in [0.29, 0.717) is 0 Å². The lowest BCUT2D eigenvalue weighted by Gasteiger charge is -2.16. The molecule has 0 fully saturated rings. The Morgan fingerprint density at radius 3 is 2.35 bits per heavy atom. The number of rotatable bonds is 2. The lowest BCUT2D eigenvalue weighted by molar-refractivity contribution is -0.137. The van der Waals surface area contributed by atoms with Crippen molar-refractivity contribution >= 4 is 40.3 Å². The van der Waals surface area contributed by atoms with Crippen molar-refractivity contribution in [1.82, 2.24) is 0 Å². The van der Waals surface area contributed by atoms with Crippen LogP contribution in [0.5, 0.6) is 0 Å². The molecule has 0 amide bonds. The average molecular weight is 359 g/mol. The largest absolute Gasteiger partial charge is 0.416 e. The predicted molar refractivity (Wildman–Crippen MR) is 92.2 cm³/mol. The summed E-state index contributed by atoms with van der Waals surface area (Å²) in [4.78, 5) is 0. The number of nitrogens with one attached hydrogen (secondary N) is 2. The molecule has 0 aliphatic heterocycles. The Balaban J connectivity index is 2.19. The Labute approximate surface area is 142 Å². The van der Waals surface area contributed by atoms with Crippen LogP contribution in [0.3, 0.4) is 0 Å². The van der Waals surface area contributed by atoms with Crippen LogP contribution in [0.4, 0.5) is 24.5 Å². The van der Waals surface area contributed by atoms with Crippen molar-refractivity contribution in [2.24, 2.45) is 0 Å². The number of thiocarbonyl (C=S) groups is 1. The molecular weight excluding hydrogens is 345 g/mol. The first kappa shape index (κ1) is 17.6. The summed E-state index contributed by atoms with van der Waals surface area (Å²) >= 11 is 11.1. The molecule has 2 nitrogen and oxygen atoms in total. The number of aryl methyl sites for hydroxylation is 1. The van der Waals surface area contributed by atoms with E-state index in [1.54, 1.807) is 0 Å². The summed E-state index contributed by atoms with van der Waals surface area (Å²) < 4.78 is 38.3. The summed E-state index contributed by atoms with van der Waals surface area (Å²) in [6, 6.07) is 8.70. The fourth-order valence-corrected chi connectivity index (χ4v) is 2.34. The van der Waals surface area contributed by atoms with Gasteiger partial charge in [0.05, 0.1) is 16.3 Å². The van der Waals surface area contributed by atoms with Crippen LogP contribution in [0.1, 0.15) is 16.7 Å². The highest BCUT2D eigenvalue weighted by molar-refractivity contribution is 7.80. The summed E-state index contributed by atoms with van der Waals surface area (Å²) in [5.74, 6) is 0. The van der Waals surface area contributed by atoms with E-state index >= 15 is 0 Å². The van der Waals surface area contributed by atoms with Gasteiger partial charge in [-0.15, -0.1) is 0 Å². The molecule has 122 valence electrons. The molecule has 0 atom stereocenters. The Morgan fingerprint density at radius 1 is 1.04 bits per heavy atom. The van der Waals surface area contributed by atoms with Gasteiger partial charge in [-0.05, 0) is 61.5 Å². The molecule has 0 unspecified atom stereocenters. The zero-order valence-corrected chi connectivity index (χ0v) is 14.0. The normalized spacial score (nSPS) is 11.2. The van der Waals surface area contributed by atoms with Crippen LogP contribution in [0.25, 0.3) is 0 Å². The molecule has 0 aromatic heterocycles. The van der Waals surface area contributed by atoms with E-state index in [-0.39, 0.29) is 15.8 Å². The number of hydrogen-bond donors (Lipinski definition) is 2. The third-order valence-corrected chi connectivity index (χ3v) is 3.93. The molecule has 2 aromatic rings. The molecule has 23 heavy (non-hydrogen) atoms. The van der Waals surface area contributed by atoms with Crippen molar-refractivity contribution in [2.75, 3.05) is 10.6 Å². The van der Waals surface area contributed by atoms with Crippen molar-refractivity contribution in [3.8, 4) is 0 Å². The zero-order chi connectivity index (χ0) is 17.2. The summed E-state index contributed by atoms with van der Waals surface area (Å²) in [6.45, 7) is 3.89. The van der Waals surface area contributed by atoms with E-state index < -0.39 is 11.7 Å². The molecule has 2 aromatic carbocycles. The van der Waals surface area contributed by atoms with Crippen molar-refractivity contribution in [1.29, 1.82) is 0 Å². The average Bonchev–Trinajstić information content (AvgIpc) is 2.45. The Kier molecular flexibility index (Phi) is 5.16. The maximum Gasteiger partial charge on any atom is 0.416 e. The van der Waals surface area contributed by atoms with Gasteiger partial charge in [0.1, 0.15) is 0 Å².